The van der Waals surface area contributed by atoms with Gasteiger partial charge in [0.1, 0.15) is 6.10 Å². The number of amides is 2. The van der Waals surface area contributed by atoms with Gasteiger partial charge in [-0.05, 0) is 35.9 Å². The van der Waals surface area contributed by atoms with E-state index in [9.17, 15) is 18.4 Å². The van der Waals surface area contributed by atoms with Gasteiger partial charge in [0.05, 0.1) is 18.8 Å². The minimum absolute atomic E-state index is 0.0680. The maximum Gasteiger partial charge on any atom is 0.276 e. The van der Waals surface area contributed by atoms with Crippen LogP contribution < -0.4 is 0 Å². The molecule has 0 radical (unpaired) electrons. The van der Waals surface area contributed by atoms with E-state index in [4.69, 9.17) is 16.3 Å². The first kappa shape index (κ1) is 22.4. The molecule has 2 aliphatic heterocycles. The third kappa shape index (κ3) is 4.26. The molecular weight excluding hydrogens is 468 g/mol. The Labute approximate surface area is 198 Å². The summed E-state index contributed by atoms with van der Waals surface area (Å²) in [5, 5.41) is 8.88. The molecule has 5 rings (SSSR count). The largest absolute Gasteiger partial charge is 0.365 e. The van der Waals surface area contributed by atoms with Gasteiger partial charge in [-0.1, -0.05) is 28.9 Å². The molecule has 0 aliphatic carbocycles. The fourth-order valence-electron chi connectivity index (χ4n) is 4.13. The molecule has 2 aliphatic rings. The molecule has 0 N–H and O–H groups in total. The number of hydrogen-bond donors (Lipinski definition) is 0. The first-order chi connectivity index (χ1) is 16.4. The summed E-state index contributed by atoms with van der Waals surface area (Å²) in [6, 6.07) is 10.4. The quantitative estimate of drug-likeness (QED) is 0.567. The third-order valence-electron chi connectivity index (χ3n) is 6.06. The Morgan fingerprint density at radius 3 is 2.29 bits per heavy atom. The molecule has 1 saturated heterocycles. The number of rotatable bonds is 3. The number of nitrogens with zero attached hydrogens (tertiary/aromatic N) is 5. The van der Waals surface area contributed by atoms with E-state index < -0.39 is 17.5 Å². The van der Waals surface area contributed by atoms with E-state index in [2.05, 4.69) is 10.3 Å². The van der Waals surface area contributed by atoms with Crippen LogP contribution in [0.5, 0.6) is 0 Å². The maximum atomic E-state index is 13.5. The summed E-state index contributed by atoms with van der Waals surface area (Å²) in [7, 11) is 0. The predicted molar refractivity (Wildman–Crippen MR) is 117 cm³/mol. The monoisotopic (exact) mass is 487 g/mol. The minimum Gasteiger partial charge on any atom is -0.365 e. The number of ether oxygens (including phenoxy) is 1. The van der Waals surface area contributed by atoms with E-state index in [-0.39, 0.29) is 56.1 Å². The van der Waals surface area contributed by atoms with Crippen LogP contribution in [-0.2, 0) is 17.9 Å². The first-order valence-corrected chi connectivity index (χ1v) is 11.1. The average Bonchev–Trinajstić information content (AvgIpc) is 3.29. The number of fused-ring (bicyclic) bond motifs is 1. The van der Waals surface area contributed by atoms with Crippen molar-refractivity contribution in [3.63, 3.8) is 0 Å². The molecule has 2 aromatic carbocycles. The van der Waals surface area contributed by atoms with Crippen LogP contribution >= 0.6 is 11.6 Å². The lowest BCUT2D eigenvalue weighted by Crippen LogP contribution is -2.50. The molecule has 8 nitrogen and oxygen atoms in total. The molecule has 176 valence electrons. The SMILES string of the molecule is O=C(c1ccc(F)c(F)c1)N1CCN(C(=O)c2nnn3c2CO[C@@H](c2ccc(Cl)cc2)C3)CC1. The average molecular weight is 488 g/mol. The highest BCUT2D eigenvalue weighted by atomic mass is 35.5. The Hall–Kier alpha value is -3.37. The van der Waals surface area contributed by atoms with E-state index >= 15 is 0 Å². The molecule has 11 heteroatoms. The van der Waals surface area contributed by atoms with Crippen LogP contribution in [0.2, 0.25) is 5.02 Å². The Bertz CT molecular complexity index is 1240. The van der Waals surface area contributed by atoms with Crippen LogP contribution in [0, 0.1) is 11.6 Å². The summed E-state index contributed by atoms with van der Waals surface area (Å²) in [5.74, 6) is -2.77. The van der Waals surface area contributed by atoms with Crippen LogP contribution in [0.1, 0.15) is 38.2 Å². The number of carbonyl (C=O) groups excluding carboxylic acids is 2. The molecule has 1 atom stereocenters. The number of carbonyl (C=O) groups is 2. The molecule has 1 aromatic heterocycles. The number of benzene rings is 2. The fourth-order valence-corrected chi connectivity index (χ4v) is 4.26. The maximum absolute atomic E-state index is 13.5. The lowest BCUT2D eigenvalue weighted by atomic mass is 10.1. The van der Waals surface area contributed by atoms with Gasteiger partial charge in [0, 0.05) is 36.8 Å². The van der Waals surface area contributed by atoms with Crippen LogP contribution in [0.25, 0.3) is 0 Å². The Balaban J connectivity index is 1.22. The van der Waals surface area contributed by atoms with E-state index in [1.54, 1.807) is 21.7 Å². The summed E-state index contributed by atoms with van der Waals surface area (Å²) < 4.78 is 34.3. The molecular formula is C23H20ClF2N5O3. The topological polar surface area (TPSA) is 80.6 Å². The molecule has 3 aromatic rings. The highest BCUT2D eigenvalue weighted by Gasteiger charge is 2.32. The van der Waals surface area contributed by atoms with Crippen molar-refractivity contribution in [1.29, 1.82) is 0 Å². The number of piperazine rings is 1. The van der Waals surface area contributed by atoms with Gasteiger partial charge in [0.25, 0.3) is 11.8 Å². The Kier molecular flexibility index (Phi) is 6.01. The second-order valence-electron chi connectivity index (χ2n) is 8.13. The zero-order valence-electron chi connectivity index (χ0n) is 18.0. The Morgan fingerprint density at radius 2 is 1.62 bits per heavy atom. The van der Waals surface area contributed by atoms with Gasteiger partial charge in [-0.15, -0.1) is 5.10 Å². The van der Waals surface area contributed by atoms with Crippen molar-refractivity contribution >= 4 is 23.4 Å². The van der Waals surface area contributed by atoms with Gasteiger partial charge in [-0.2, -0.15) is 0 Å². The Morgan fingerprint density at radius 1 is 0.941 bits per heavy atom. The molecule has 0 spiro atoms. The third-order valence-corrected chi connectivity index (χ3v) is 6.31. The summed E-state index contributed by atoms with van der Waals surface area (Å²) in [5.41, 5.74) is 1.86. The van der Waals surface area contributed by atoms with Gasteiger partial charge in [-0.25, -0.2) is 13.5 Å². The van der Waals surface area contributed by atoms with Crippen molar-refractivity contribution in [2.75, 3.05) is 26.2 Å². The van der Waals surface area contributed by atoms with Gasteiger partial charge < -0.3 is 14.5 Å². The summed E-state index contributed by atoms with van der Waals surface area (Å²) in [4.78, 5) is 28.8. The van der Waals surface area contributed by atoms with Crippen molar-refractivity contribution in [2.24, 2.45) is 0 Å². The summed E-state index contributed by atoms with van der Waals surface area (Å²) in [6.45, 7) is 1.72. The van der Waals surface area contributed by atoms with Gasteiger partial charge in [-0.3, -0.25) is 9.59 Å². The zero-order chi connectivity index (χ0) is 23.8. The predicted octanol–water partition coefficient (Wildman–Crippen LogP) is 3.08. The molecule has 34 heavy (non-hydrogen) atoms. The first-order valence-electron chi connectivity index (χ1n) is 10.7. The second kappa shape index (κ2) is 9.11. The molecule has 0 unspecified atom stereocenters. The van der Waals surface area contributed by atoms with Crippen LogP contribution in [-0.4, -0.2) is 62.8 Å². The van der Waals surface area contributed by atoms with Crippen LogP contribution in [0.4, 0.5) is 8.78 Å². The van der Waals surface area contributed by atoms with E-state index in [1.807, 2.05) is 12.1 Å². The normalized spacial score (nSPS) is 18.0. The van der Waals surface area contributed by atoms with Crippen molar-refractivity contribution in [3.8, 4) is 0 Å². The van der Waals surface area contributed by atoms with Crippen molar-refractivity contribution in [1.82, 2.24) is 24.8 Å². The van der Waals surface area contributed by atoms with E-state index in [0.717, 1.165) is 17.7 Å². The van der Waals surface area contributed by atoms with Gasteiger partial charge in [0.2, 0.25) is 0 Å². The lowest BCUT2D eigenvalue weighted by molar-refractivity contribution is -0.00202. The minimum atomic E-state index is -1.07. The van der Waals surface area contributed by atoms with E-state index in [1.165, 1.54) is 11.0 Å². The van der Waals surface area contributed by atoms with Crippen LogP contribution in [0.3, 0.4) is 0 Å². The highest BCUT2D eigenvalue weighted by molar-refractivity contribution is 6.30. The molecule has 0 bridgehead atoms. The van der Waals surface area contributed by atoms with Crippen molar-refractivity contribution in [2.45, 2.75) is 19.3 Å². The lowest BCUT2D eigenvalue weighted by Gasteiger charge is -2.34. The van der Waals surface area contributed by atoms with Gasteiger partial charge in [0.15, 0.2) is 17.3 Å². The molecule has 3 heterocycles. The van der Waals surface area contributed by atoms with Gasteiger partial charge >= 0.3 is 0 Å². The molecule has 2 amide bonds. The second-order valence-corrected chi connectivity index (χ2v) is 8.57. The summed E-state index contributed by atoms with van der Waals surface area (Å²) >= 11 is 5.95. The number of halogens is 3. The summed E-state index contributed by atoms with van der Waals surface area (Å²) in [6.07, 6.45) is -0.222. The van der Waals surface area contributed by atoms with Crippen molar-refractivity contribution in [3.05, 3.63) is 81.6 Å². The highest BCUT2D eigenvalue weighted by Crippen LogP contribution is 2.28. The fraction of sp³-hybridized carbons (Fsp3) is 0.304. The molecule has 1 fully saturated rings. The zero-order valence-corrected chi connectivity index (χ0v) is 18.7. The standard InChI is InChI=1S/C23H20ClF2N5O3/c24-16-4-1-14(2-5-16)20-12-31-19(13-34-20)21(27-28-31)23(33)30-9-7-29(8-10-30)22(32)15-3-6-17(25)18(26)11-15/h1-6,11,20H,7-10,12-13H2/t20-/m1/s1. The molecule has 0 saturated carbocycles. The van der Waals surface area contributed by atoms with Crippen molar-refractivity contribution < 1.29 is 23.1 Å². The smallest absolute Gasteiger partial charge is 0.276 e. The number of aromatic nitrogens is 3. The van der Waals surface area contributed by atoms with E-state index in [0.29, 0.717) is 17.3 Å². The number of hydrogen-bond acceptors (Lipinski definition) is 5. The van der Waals surface area contributed by atoms with Crippen LogP contribution in [0.15, 0.2) is 42.5 Å².